The number of amides is 1. The van der Waals surface area contributed by atoms with Crippen molar-refractivity contribution < 1.29 is 76.1 Å². The van der Waals surface area contributed by atoms with Gasteiger partial charge in [0.25, 0.3) is 0 Å². The van der Waals surface area contributed by atoms with Crippen molar-refractivity contribution in [1.29, 1.82) is 0 Å². The van der Waals surface area contributed by atoms with Gasteiger partial charge in [0.05, 0.1) is 6.61 Å². The van der Waals surface area contributed by atoms with E-state index in [9.17, 15) is 66.7 Å². The van der Waals surface area contributed by atoms with E-state index in [4.69, 9.17) is 0 Å². The van der Waals surface area contributed by atoms with E-state index in [1.54, 1.807) is 0 Å². The molecule has 1 unspecified atom stereocenters. The van der Waals surface area contributed by atoms with Gasteiger partial charge in [-0.05, 0) is 27.2 Å². The molecule has 0 heterocycles. The summed E-state index contributed by atoms with van der Waals surface area (Å²) in [6.07, 6.45) is -11.9. The molecule has 0 saturated heterocycles. The van der Waals surface area contributed by atoms with E-state index >= 15 is 0 Å². The van der Waals surface area contributed by atoms with Crippen molar-refractivity contribution in [3.8, 4) is 0 Å². The van der Waals surface area contributed by atoms with E-state index in [0.717, 1.165) is 0 Å². The maximum Gasteiger partial charge on any atom is 0.460 e. The van der Waals surface area contributed by atoms with E-state index in [-0.39, 0.29) is 6.42 Å². The van der Waals surface area contributed by atoms with Crippen LogP contribution in [0.5, 0.6) is 0 Å². The number of nitrogens with one attached hydrogen (secondary N) is 1. The highest BCUT2D eigenvalue weighted by Crippen LogP contribution is 2.60. The van der Waals surface area contributed by atoms with Crippen LogP contribution >= 0.6 is 0 Å². The lowest BCUT2D eigenvalue weighted by Gasteiger charge is -2.40. The second kappa shape index (κ2) is 10.7. The normalized spacial score (nSPS) is 15.4. The molecule has 0 fully saturated rings. The molecule has 1 atom stereocenters. The molecule has 0 radical (unpaired) electrons. The molecule has 36 heavy (non-hydrogen) atoms. The minimum absolute atomic E-state index is 0.0499. The summed E-state index contributed by atoms with van der Waals surface area (Å²) in [5.74, 6) is -40.2. The van der Waals surface area contributed by atoms with Crippen LogP contribution in [0, 0.1) is 0 Å². The minimum Gasteiger partial charge on any atom is -0.464 e. The number of alkyl carbamates (subject to hydrolysis) is 1. The molecule has 1 amide bonds. The molecule has 1 N–H and O–H groups in total. The van der Waals surface area contributed by atoms with E-state index in [0.29, 0.717) is 6.42 Å². The quantitative estimate of drug-likeness (QED) is 0.181. The predicted octanol–water partition coefficient (Wildman–Crippen LogP) is 6.35. The Balaban J connectivity index is 6.31. The number of halogens is 13. The maximum atomic E-state index is 14.2. The summed E-state index contributed by atoms with van der Waals surface area (Å²) in [5, 5.41) is 1.26. The summed E-state index contributed by atoms with van der Waals surface area (Å²) in [6.45, 7) is 4.57. The van der Waals surface area contributed by atoms with Crippen LogP contribution in [0.2, 0.25) is 0 Å². The zero-order valence-electron chi connectivity index (χ0n) is 19.0. The molecular formula is C18H22F13NO4. The number of alkyl halides is 13. The Bertz CT molecular complexity index is 776. The van der Waals surface area contributed by atoms with Crippen LogP contribution < -0.4 is 5.32 Å². The Hall–Kier alpha value is -2.17. The van der Waals surface area contributed by atoms with E-state index < -0.39 is 72.5 Å². The summed E-state index contributed by atoms with van der Waals surface area (Å²) < 4.78 is 182. The van der Waals surface area contributed by atoms with Gasteiger partial charge in [-0.25, -0.2) is 9.59 Å². The third-order valence-electron chi connectivity index (χ3n) is 4.18. The van der Waals surface area contributed by atoms with Crippen LogP contribution in [-0.2, 0) is 14.3 Å². The third kappa shape index (κ3) is 6.98. The van der Waals surface area contributed by atoms with Gasteiger partial charge in [-0.1, -0.05) is 13.3 Å². The number of hydrogen-bond acceptors (Lipinski definition) is 4. The number of hydrogen-bond donors (Lipinski definition) is 1. The summed E-state index contributed by atoms with van der Waals surface area (Å²) in [4.78, 5) is 23.8. The van der Waals surface area contributed by atoms with Crippen LogP contribution in [0.1, 0.15) is 47.0 Å². The van der Waals surface area contributed by atoms with Gasteiger partial charge in [0, 0.05) is 6.42 Å². The van der Waals surface area contributed by atoms with E-state index in [1.807, 2.05) is 0 Å². The molecule has 0 aliphatic heterocycles. The number of rotatable bonds is 11. The molecule has 0 aliphatic carbocycles. The Morgan fingerprint density at radius 3 is 1.58 bits per heavy atom. The molecule has 0 aromatic heterocycles. The van der Waals surface area contributed by atoms with Crippen molar-refractivity contribution in [2.75, 3.05) is 6.61 Å². The first-order chi connectivity index (χ1) is 15.7. The lowest BCUT2D eigenvalue weighted by atomic mass is 9.91. The van der Waals surface area contributed by atoms with Gasteiger partial charge in [0.1, 0.15) is 11.6 Å². The number of ether oxygens (including phenoxy) is 2. The first-order valence-electron chi connectivity index (χ1n) is 9.81. The maximum absolute atomic E-state index is 14.2. The lowest BCUT2D eigenvalue weighted by molar-refractivity contribution is -0.440. The molecular weight excluding hydrogens is 541 g/mol. The zero-order chi connectivity index (χ0) is 29.2. The third-order valence-corrected chi connectivity index (χ3v) is 4.18. The van der Waals surface area contributed by atoms with Crippen molar-refractivity contribution in [3.05, 3.63) is 0 Å². The monoisotopic (exact) mass is 563 g/mol. The predicted molar refractivity (Wildman–Crippen MR) is 94.4 cm³/mol. The van der Waals surface area contributed by atoms with Crippen LogP contribution in [0.4, 0.5) is 61.9 Å². The molecule has 214 valence electrons. The highest BCUT2D eigenvalue weighted by atomic mass is 19.4. The average molecular weight is 563 g/mol. The molecule has 0 spiro atoms. The smallest absolute Gasteiger partial charge is 0.460 e. The summed E-state index contributed by atoms with van der Waals surface area (Å²) in [5.41, 5.74) is -1.40. The molecule has 0 bridgehead atoms. The van der Waals surface area contributed by atoms with Gasteiger partial charge in [0.2, 0.25) is 0 Å². The molecule has 0 saturated carbocycles. The Kier molecular flexibility index (Phi) is 10.0. The second-order valence-electron chi connectivity index (χ2n) is 8.42. The lowest BCUT2D eigenvalue weighted by Crippen LogP contribution is -2.70. The molecule has 18 heteroatoms. The number of carbonyl (C=O) groups excluding carboxylic acids is 2. The number of esters is 1. The topological polar surface area (TPSA) is 64.6 Å². The van der Waals surface area contributed by atoms with Gasteiger partial charge >= 0.3 is 47.9 Å². The van der Waals surface area contributed by atoms with Gasteiger partial charge in [-0.15, -0.1) is 0 Å². The summed E-state index contributed by atoms with van der Waals surface area (Å²) in [6, 6.07) is -3.01. The highest BCUT2D eigenvalue weighted by Gasteiger charge is 2.90. The Morgan fingerprint density at radius 2 is 1.19 bits per heavy atom. The minimum atomic E-state index is -8.08. The van der Waals surface area contributed by atoms with E-state index in [1.165, 1.54) is 33.0 Å². The fourth-order valence-electron chi connectivity index (χ4n) is 2.25. The van der Waals surface area contributed by atoms with Crippen molar-refractivity contribution in [2.45, 2.75) is 94.4 Å². The fraction of sp³-hybridized carbons (Fsp3) is 0.889. The van der Waals surface area contributed by atoms with Gasteiger partial charge in [-0.3, -0.25) is 0 Å². The molecule has 0 aliphatic rings. The molecule has 0 aromatic carbocycles. The standard InChI is InChI=1S/C18H22F13NO4/c1-5-6-7-35-10(33)9(32-11(34)36-12(2,3)4)8-13(19,20)14(21,22)15(23,24)16(25,26)17(27,28)18(29,30)31/h9H,5-8H2,1-4H3,(H,32,34). The average Bonchev–Trinajstić information content (AvgIpc) is 2.64. The summed E-state index contributed by atoms with van der Waals surface area (Å²) in [7, 11) is 0. The second-order valence-corrected chi connectivity index (χ2v) is 8.42. The Labute approximate surface area is 195 Å². The number of carbonyl (C=O) groups is 2. The summed E-state index contributed by atoms with van der Waals surface area (Å²) >= 11 is 0. The molecule has 5 nitrogen and oxygen atoms in total. The van der Waals surface area contributed by atoms with Gasteiger partial charge < -0.3 is 14.8 Å². The first kappa shape index (κ1) is 33.8. The first-order valence-corrected chi connectivity index (χ1v) is 9.81. The van der Waals surface area contributed by atoms with Crippen LogP contribution in [0.25, 0.3) is 0 Å². The van der Waals surface area contributed by atoms with Gasteiger partial charge in [-0.2, -0.15) is 57.1 Å². The molecule has 0 rings (SSSR count). The van der Waals surface area contributed by atoms with Crippen LogP contribution in [0.15, 0.2) is 0 Å². The van der Waals surface area contributed by atoms with E-state index in [2.05, 4.69) is 9.47 Å². The van der Waals surface area contributed by atoms with Crippen molar-refractivity contribution in [3.63, 3.8) is 0 Å². The van der Waals surface area contributed by atoms with Crippen LogP contribution in [0.3, 0.4) is 0 Å². The zero-order valence-corrected chi connectivity index (χ0v) is 19.0. The largest absolute Gasteiger partial charge is 0.464 e. The highest BCUT2D eigenvalue weighted by molar-refractivity contribution is 5.81. The Morgan fingerprint density at radius 1 is 0.750 bits per heavy atom. The SMILES string of the molecule is CCCCOC(=O)C(CC(F)(F)C(F)(F)C(F)(F)C(F)(F)C(F)(F)C(F)(F)F)NC(=O)OC(C)(C)C. The van der Waals surface area contributed by atoms with Crippen molar-refractivity contribution in [2.24, 2.45) is 0 Å². The van der Waals surface area contributed by atoms with Crippen molar-refractivity contribution in [1.82, 2.24) is 5.32 Å². The van der Waals surface area contributed by atoms with Crippen LogP contribution in [-0.4, -0.2) is 66.1 Å². The van der Waals surface area contributed by atoms with Gasteiger partial charge in [0.15, 0.2) is 0 Å². The fourth-order valence-corrected chi connectivity index (χ4v) is 2.25. The van der Waals surface area contributed by atoms with Crippen molar-refractivity contribution >= 4 is 12.1 Å². The number of unbranched alkanes of at least 4 members (excludes halogenated alkanes) is 1. The molecule has 0 aromatic rings.